The first-order chi connectivity index (χ1) is 10.2. The molecular weight excluding hydrogens is 290 g/mol. The van der Waals surface area contributed by atoms with Gasteiger partial charge in [-0.15, -0.1) is 0 Å². The highest BCUT2D eigenvalue weighted by atomic mass is 35.5. The van der Waals surface area contributed by atoms with Crippen molar-refractivity contribution in [2.45, 2.75) is 0 Å². The van der Waals surface area contributed by atoms with Crippen molar-refractivity contribution in [2.24, 2.45) is 0 Å². The second-order valence-corrected chi connectivity index (χ2v) is 4.81. The number of aromatic hydroxyl groups is 1. The zero-order valence-corrected chi connectivity index (χ0v) is 12.0. The summed E-state index contributed by atoms with van der Waals surface area (Å²) in [6.45, 7) is 0. The third-order valence-corrected chi connectivity index (χ3v) is 3.29. The van der Waals surface area contributed by atoms with E-state index in [9.17, 15) is 5.11 Å². The minimum atomic E-state index is -0.0711. The fourth-order valence-corrected chi connectivity index (χ4v) is 2.19. The number of fused-ring (bicyclic) bond motifs is 1. The van der Waals surface area contributed by atoms with Crippen LogP contribution in [0.4, 0.5) is 0 Å². The van der Waals surface area contributed by atoms with Crippen LogP contribution in [0, 0.1) is 0 Å². The van der Waals surface area contributed by atoms with Crippen molar-refractivity contribution in [1.82, 2.24) is 4.98 Å². The van der Waals surface area contributed by atoms with Crippen molar-refractivity contribution in [3.05, 3.63) is 52.9 Å². The fraction of sp³-hybridized carbons (Fsp3) is 0.0625. The maximum Gasteiger partial charge on any atom is 0.220 e. The summed E-state index contributed by atoms with van der Waals surface area (Å²) in [6.07, 6.45) is 3.53. The van der Waals surface area contributed by atoms with Crippen molar-refractivity contribution in [3.8, 4) is 11.5 Å². The molecule has 0 amide bonds. The van der Waals surface area contributed by atoms with Crippen LogP contribution in [0.5, 0.6) is 11.5 Å². The van der Waals surface area contributed by atoms with Crippen molar-refractivity contribution >= 4 is 34.9 Å². The molecule has 106 valence electrons. The van der Waals surface area contributed by atoms with Gasteiger partial charge in [-0.25, -0.2) is 4.98 Å². The number of methoxy groups -OCH3 is 1. The van der Waals surface area contributed by atoms with Crippen LogP contribution in [0.1, 0.15) is 11.5 Å². The molecule has 0 bridgehead atoms. The van der Waals surface area contributed by atoms with E-state index in [4.69, 9.17) is 20.8 Å². The lowest BCUT2D eigenvalue weighted by Crippen LogP contribution is -1.85. The number of rotatable bonds is 3. The van der Waals surface area contributed by atoms with Gasteiger partial charge in [-0.2, -0.15) is 0 Å². The number of aromatic nitrogens is 1. The summed E-state index contributed by atoms with van der Waals surface area (Å²) in [7, 11) is 1.47. The van der Waals surface area contributed by atoms with Crippen LogP contribution >= 0.6 is 11.6 Å². The van der Waals surface area contributed by atoms with Gasteiger partial charge in [0, 0.05) is 6.08 Å². The van der Waals surface area contributed by atoms with E-state index in [0.29, 0.717) is 11.6 Å². The molecular formula is C16H12ClNO3. The number of benzene rings is 2. The summed E-state index contributed by atoms with van der Waals surface area (Å²) in [5.41, 5.74) is 2.31. The Morgan fingerprint density at radius 1 is 1.24 bits per heavy atom. The molecule has 3 rings (SSSR count). The normalized spacial score (nSPS) is 11.3. The first kappa shape index (κ1) is 13.5. The third-order valence-electron chi connectivity index (χ3n) is 3.00. The SMILES string of the molecule is COc1cc(C=Cc2nc3ccccc3o2)cc(Cl)c1O. The minimum absolute atomic E-state index is 0.0711. The van der Waals surface area contributed by atoms with Gasteiger partial charge in [0.1, 0.15) is 5.52 Å². The van der Waals surface area contributed by atoms with Crippen molar-refractivity contribution in [2.75, 3.05) is 7.11 Å². The third kappa shape index (κ3) is 2.71. The quantitative estimate of drug-likeness (QED) is 0.780. The van der Waals surface area contributed by atoms with Crippen molar-refractivity contribution in [1.29, 1.82) is 0 Å². The predicted molar refractivity (Wildman–Crippen MR) is 82.6 cm³/mol. The summed E-state index contributed by atoms with van der Waals surface area (Å²) in [5.74, 6) is 0.747. The average molecular weight is 302 g/mol. The number of halogens is 1. The largest absolute Gasteiger partial charge is 0.503 e. The van der Waals surface area contributed by atoms with E-state index in [-0.39, 0.29) is 10.8 Å². The number of para-hydroxylation sites is 2. The second kappa shape index (κ2) is 5.50. The molecule has 0 aliphatic carbocycles. The summed E-state index contributed by atoms with van der Waals surface area (Å²) in [4.78, 5) is 4.34. The van der Waals surface area contributed by atoms with E-state index < -0.39 is 0 Å². The summed E-state index contributed by atoms with van der Waals surface area (Å²) < 4.78 is 10.6. The van der Waals surface area contributed by atoms with Crippen LogP contribution in [0.25, 0.3) is 23.3 Å². The smallest absolute Gasteiger partial charge is 0.220 e. The van der Waals surface area contributed by atoms with Gasteiger partial charge in [-0.05, 0) is 35.9 Å². The molecule has 1 heterocycles. The number of phenolic OH excluding ortho intramolecular Hbond substituents is 1. The van der Waals surface area contributed by atoms with Crippen molar-refractivity contribution in [3.63, 3.8) is 0 Å². The van der Waals surface area contributed by atoms with Crippen LogP contribution in [-0.4, -0.2) is 17.2 Å². The molecule has 5 heteroatoms. The molecule has 0 atom stereocenters. The summed E-state index contributed by atoms with van der Waals surface area (Å²) in [5, 5.41) is 9.92. The Hall–Kier alpha value is -2.46. The van der Waals surface area contributed by atoms with Crippen molar-refractivity contribution < 1.29 is 14.3 Å². The maximum atomic E-state index is 9.69. The molecule has 0 fully saturated rings. The number of hydrogen-bond donors (Lipinski definition) is 1. The molecule has 2 aromatic carbocycles. The Bertz CT molecular complexity index is 791. The van der Waals surface area contributed by atoms with E-state index in [1.807, 2.05) is 24.3 Å². The summed E-state index contributed by atoms with van der Waals surface area (Å²) >= 11 is 5.94. The zero-order chi connectivity index (χ0) is 14.8. The fourth-order valence-electron chi connectivity index (χ4n) is 1.97. The van der Waals surface area contributed by atoms with Gasteiger partial charge in [0.05, 0.1) is 12.1 Å². The first-order valence-electron chi connectivity index (χ1n) is 6.27. The Morgan fingerprint density at radius 3 is 2.81 bits per heavy atom. The van der Waals surface area contributed by atoms with Crippen LogP contribution in [0.2, 0.25) is 5.02 Å². The van der Waals surface area contributed by atoms with E-state index in [1.165, 1.54) is 7.11 Å². The van der Waals surface area contributed by atoms with Crippen LogP contribution in [0.3, 0.4) is 0 Å². The Kier molecular flexibility index (Phi) is 3.54. The van der Waals surface area contributed by atoms with E-state index in [0.717, 1.165) is 16.7 Å². The van der Waals surface area contributed by atoms with Crippen LogP contribution in [-0.2, 0) is 0 Å². The number of phenols is 1. The number of oxazole rings is 1. The van der Waals surface area contributed by atoms with Gasteiger partial charge in [0.15, 0.2) is 17.1 Å². The molecule has 0 saturated carbocycles. The maximum absolute atomic E-state index is 9.69. The monoisotopic (exact) mass is 301 g/mol. The van der Waals surface area contributed by atoms with E-state index in [1.54, 1.807) is 24.3 Å². The lowest BCUT2D eigenvalue weighted by Gasteiger charge is -2.05. The molecule has 21 heavy (non-hydrogen) atoms. The van der Waals surface area contributed by atoms with Gasteiger partial charge in [0.2, 0.25) is 5.89 Å². The Morgan fingerprint density at radius 2 is 2.05 bits per heavy atom. The molecule has 0 radical (unpaired) electrons. The van der Waals surface area contributed by atoms with Gasteiger partial charge in [0.25, 0.3) is 0 Å². The van der Waals surface area contributed by atoms with E-state index in [2.05, 4.69) is 4.98 Å². The molecule has 0 aliphatic rings. The molecule has 0 aliphatic heterocycles. The lowest BCUT2D eigenvalue weighted by atomic mass is 10.2. The van der Waals surface area contributed by atoms with Gasteiger partial charge in [-0.3, -0.25) is 0 Å². The number of nitrogens with zero attached hydrogens (tertiary/aromatic N) is 1. The minimum Gasteiger partial charge on any atom is -0.503 e. The number of ether oxygens (including phenoxy) is 1. The average Bonchev–Trinajstić information content (AvgIpc) is 2.91. The molecule has 4 nitrogen and oxygen atoms in total. The number of hydrogen-bond acceptors (Lipinski definition) is 4. The molecule has 0 unspecified atom stereocenters. The summed E-state index contributed by atoms with van der Waals surface area (Å²) in [6, 6.07) is 10.9. The topological polar surface area (TPSA) is 55.5 Å². The molecule has 0 spiro atoms. The van der Waals surface area contributed by atoms with Gasteiger partial charge < -0.3 is 14.3 Å². The highest BCUT2D eigenvalue weighted by Gasteiger charge is 2.08. The predicted octanol–water partition coefficient (Wildman–Crippen LogP) is 4.37. The molecule has 1 aromatic heterocycles. The van der Waals surface area contributed by atoms with Crippen LogP contribution < -0.4 is 4.74 Å². The highest BCUT2D eigenvalue weighted by Crippen LogP contribution is 2.35. The van der Waals surface area contributed by atoms with Crippen LogP contribution in [0.15, 0.2) is 40.8 Å². The van der Waals surface area contributed by atoms with Gasteiger partial charge in [-0.1, -0.05) is 23.7 Å². The van der Waals surface area contributed by atoms with Gasteiger partial charge >= 0.3 is 0 Å². The first-order valence-corrected chi connectivity index (χ1v) is 6.65. The Labute approximate surface area is 126 Å². The standard InChI is InChI=1S/C16H12ClNO3/c1-20-14-9-10(8-11(17)16(14)19)6-7-15-18-12-4-2-3-5-13(12)21-15/h2-9,19H,1H3. The molecule has 1 N–H and O–H groups in total. The lowest BCUT2D eigenvalue weighted by molar-refractivity contribution is 0.373. The Balaban J connectivity index is 1.93. The zero-order valence-electron chi connectivity index (χ0n) is 11.2. The second-order valence-electron chi connectivity index (χ2n) is 4.41. The molecule has 3 aromatic rings. The molecule has 0 saturated heterocycles. The van der Waals surface area contributed by atoms with E-state index >= 15 is 0 Å². The highest BCUT2D eigenvalue weighted by molar-refractivity contribution is 6.32.